The van der Waals surface area contributed by atoms with Crippen molar-refractivity contribution in [3.05, 3.63) is 48.6 Å². The van der Waals surface area contributed by atoms with Crippen LogP contribution >= 0.6 is 7.82 Å². The quantitative estimate of drug-likeness (QED) is 0.0219. The molecule has 0 radical (unpaired) electrons. The standard InChI is InChI=1S/C44H82NO7P/c1-6-8-10-12-14-16-18-20-22-23-24-25-27-29-31-33-35-37-44(46)52-43(42-51-53(47,48)50-40-38-45(3,4)5)41-49-39-36-34-32-30-28-26-21-19-17-15-13-11-9-7-2/h16,18,22-23,25,27,31,33,43H,6-15,17,19-21,24,26,28-30,32,34-42H2,1-5H3/p+1/b18-16-,23-22-,27-25-,33-31-. The number of esters is 1. The van der Waals surface area contributed by atoms with Crippen molar-refractivity contribution in [1.82, 2.24) is 0 Å². The Balaban J connectivity index is 4.38. The maximum atomic E-state index is 12.6. The molecule has 0 rings (SSSR count). The molecule has 2 unspecified atom stereocenters. The van der Waals surface area contributed by atoms with E-state index < -0.39 is 19.9 Å². The second-order valence-corrected chi connectivity index (χ2v) is 16.8. The Morgan fingerprint density at radius 1 is 0.585 bits per heavy atom. The first-order chi connectivity index (χ1) is 25.6. The van der Waals surface area contributed by atoms with E-state index in [1.165, 1.54) is 109 Å². The SMILES string of the molecule is CCCCCC/C=C\C/C=C\C/C=C\C/C=C\CCC(=O)OC(COCCCCCCCCCCCCCCCC)COP(=O)(O)OCC[N+](C)(C)C. The number of rotatable bonds is 39. The van der Waals surface area contributed by atoms with E-state index in [2.05, 4.69) is 50.3 Å². The minimum atomic E-state index is -4.29. The maximum absolute atomic E-state index is 12.6. The summed E-state index contributed by atoms with van der Waals surface area (Å²) in [5.74, 6) is -0.391. The minimum Gasteiger partial charge on any atom is -0.457 e. The highest BCUT2D eigenvalue weighted by Gasteiger charge is 2.26. The first-order valence-electron chi connectivity index (χ1n) is 21.4. The molecule has 1 N–H and O–H groups in total. The number of hydrogen-bond donors (Lipinski definition) is 1. The summed E-state index contributed by atoms with van der Waals surface area (Å²) in [4.78, 5) is 22.8. The predicted octanol–water partition coefficient (Wildman–Crippen LogP) is 12.4. The van der Waals surface area contributed by atoms with Gasteiger partial charge in [-0.2, -0.15) is 0 Å². The highest BCUT2D eigenvalue weighted by molar-refractivity contribution is 7.47. The topological polar surface area (TPSA) is 91.3 Å². The Hall–Kier alpha value is -1.54. The monoisotopic (exact) mass is 769 g/mol. The molecular formula is C44H83NO7P+. The first kappa shape index (κ1) is 51.5. The second-order valence-electron chi connectivity index (χ2n) is 15.4. The number of ether oxygens (including phenoxy) is 2. The predicted molar refractivity (Wildman–Crippen MR) is 224 cm³/mol. The van der Waals surface area contributed by atoms with Gasteiger partial charge < -0.3 is 18.9 Å². The smallest absolute Gasteiger partial charge is 0.457 e. The van der Waals surface area contributed by atoms with E-state index in [0.717, 1.165) is 32.1 Å². The molecule has 0 bridgehead atoms. The van der Waals surface area contributed by atoms with Crippen molar-refractivity contribution in [2.24, 2.45) is 0 Å². The van der Waals surface area contributed by atoms with Crippen LogP contribution in [-0.4, -0.2) is 75.6 Å². The lowest BCUT2D eigenvalue weighted by Gasteiger charge is -2.24. The number of carbonyl (C=O) groups is 1. The Kier molecular flexibility index (Phi) is 36.3. The van der Waals surface area contributed by atoms with E-state index in [1.54, 1.807) is 0 Å². The van der Waals surface area contributed by atoms with Crippen LogP contribution in [0.25, 0.3) is 0 Å². The number of carbonyl (C=O) groups excluding carboxylic acids is 1. The van der Waals surface area contributed by atoms with Gasteiger partial charge in [0, 0.05) is 13.0 Å². The Labute approximate surface area is 327 Å². The van der Waals surface area contributed by atoms with Crippen LogP contribution < -0.4 is 0 Å². The lowest BCUT2D eigenvalue weighted by atomic mass is 10.0. The summed E-state index contributed by atoms with van der Waals surface area (Å²) in [6, 6.07) is 0. The summed E-state index contributed by atoms with van der Waals surface area (Å²) in [5, 5.41) is 0. The third-order valence-corrected chi connectivity index (χ3v) is 9.89. The normalized spacial score (nSPS) is 14.3. The molecule has 310 valence electrons. The third-order valence-electron chi connectivity index (χ3n) is 8.91. The van der Waals surface area contributed by atoms with Gasteiger partial charge in [0.2, 0.25) is 0 Å². The van der Waals surface area contributed by atoms with Gasteiger partial charge in [-0.05, 0) is 44.9 Å². The lowest BCUT2D eigenvalue weighted by Crippen LogP contribution is -2.37. The number of allylic oxidation sites excluding steroid dienone is 8. The summed E-state index contributed by atoms with van der Waals surface area (Å²) < 4.78 is 34.9. The summed E-state index contributed by atoms with van der Waals surface area (Å²) in [5.41, 5.74) is 0. The minimum absolute atomic E-state index is 0.0759. The average molecular weight is 769 g/mol. The summed E-state index contributed by atoms with van der Waals surface area (Å²) in [6.45, 7) is 5.51. The molecule has 0 spiro atoms. The van der Waals surface area contributed by atoms with Crippen LogP contribution in [0.4, 0.5) is 0 Å². The highest BCUT2D eigenvalue weighted by atomic mass is 31.2. The van der Waals surface area contributed by atoms with Gasteiger partial charge in [0.05, 0.1) is 34.4 Å². The molecule has 0 aliphatic heterocycles. The maximum Gasteiger partial charge on any atom is 0.472 e. The summed E-state index contributed by atoms with van der Waals surface area (Å²) >= 11 is 0. The molecule has 0 aromatic carbocycles. The molecular weight excluding hydrogens is 685 g/mol. The van der Waals surface area contributed by atoms with Crippen molar-refractivity contribution in [3.63, 3.8) is 0 Å². The van der Waals surface area contributed by atoms with Crippen LogP contribution in [-0.2, 0) is 27.9 Å². The fraction of sp³-hybridized carbons (Fsp3) is 0.795. The van der Waals surface area contributed by atoms with Gasteiger partial charge in [0.1, 0.15) is 19.3 Å². The number of nitrogens with zero attached hydrogens (tertiary/aromatic N) is 1. The second kappa shape index (κ2) is 37.4. The van der Waals surface area contributed by atoms with Crippen molar-refractivity contribution in [2.45, 2.75) is 174 Å². The van der Waals surface area contributed by atoms with Crippen molar-refractivity contribution < 1.29 is 37.3 Å². The van der Waals surface area contributed by atoms with Crippen LogP contribution in [0.3, 0.4) is 0 Å². The van der Waals surface area contributed by atoms with E-state index in [9.17, 15) is 14.3 Å². The van der Waals surface area contributed by atoms with Gasteiger partial charge in [-0.3, -0.25) is 13.8 Å². The molecule has 0 aliphatic carbocycles. The third kappa shape index (κ3) is 41.5. The Bertz CT molecular complexity index is 989. The van der Waals surface area contributed by atoms with E-state index in [0.29, 0.717) is 24.1 Å². The molecule has 0 saturated carbocycles. The molecule has 0 fully saturated rings. The van der Waals surface area contributed by atoms with E-state index in [1.807, 2.05) is 33.3 Å². The van der Waals surface area contributed by atoms with Crippen LogP contribution in [0, 0.1) is 0 Å². The van der Waals surface area contributed by atoms with Crippen LogP contribution in [0.1, 0.15) is 168 Å². The Morgan fingerprint density at radius 3 is 1.55 bits per heavy atom. The van der Waals surface area contributed by atoms with Gasteiger partial charge in [-0.1, -0.05) is 165 Å². The molecule has 0 aliphatic rings. The number of unbranched alkanes of at least 4 members (excludes halogenated alkanes) is 17. The fourth-order valence-electron chi connectivity index (χ4n) is 5.56. The van der Waals surface area contributed by atoms with Gasteiger partial charge in [0.25, 0.3) is 0 Å². The molecule has 8 nitrogen and oxygen atoms in total. The lowest BCUT2D eigenvalue weighted by molar-refractivity contribution is -0.870. The molecule has 0 amide bonds. The molecule has 0 aromatic rings. The first-order valence-corrected chi connectivity index (χ1v) is 22.9. The van der Waals surface area contributed by atoms with Gasteiger partial charge in [-0.15, -0.1) is 0 Å². The summed E-state index contributed by atoms with van der Waals surface area (Å²) in [7, 11) is 1.62. The van der Waals surface area contributed by atoms with Gasteiger partial charge >= 0.3 is 13.8 Å². The molecule has 53 heavy (non-hydrogen) atoms. The van der Waals surface area contributed by atoms with Crippen molar-refractivity contribution >= 4 is 13.8 Å². The zero-order valence-electron chi connectivity index (χ0n) is 35.0. The molecule has 2 atom stereocenters. The Morgan fingerprint density at radius 2 is 1.04 bits per heavy atom. The number of likely N-dealkylation sites (N-methyl/N-ethyl adjacent to an activating group) is 1. The molecule has 0 heterocycles. The van der Waals surface area contributed by atoms with E-state index in [-0.39, 0.29) is 26.2 Å². The molecule has 0 saturated heterocycles. The van der Waals surface area contributed by atoms with Crippen LogP contribution in [0.5, 0.6) is 0 Å². The van der Waals surface area contributed by atoms with Crippen molar-refractivity contribution in [3.8, 4) is 0 Å². The molecule has 9 heteroatoms. The zero-order chi connectivity index (χ0) is 39.1. The van der Waals surface area contributed by atoms with Gasteiger partial charge in [-0.25, -0.2) is 4.57 Å². The van der Waals surface area contributed by atoms with Crippen molar-refractivity contribution in [2.75, 3.05) is 54.1 Å². The van der Waals surface area contributed by atoms with Gasteiger partial charge in [0.15, 0.2) is 0 Å². The highest BCUT2D eigenvalue weighted by Crippen LogP contribution is 2.43. The fourth-order valence-corrected chi connectivity index (χ4v) is 6.30. The number of phosphoric ester groups is 1. The average Bonchev–Trinajstić information content (AvgIpc) is 3.11. The summed E-state index contributed by atoms with van der Waals surface area (Å²) in [6.07, 6.45) is 44.4. The van der Waals surface area contributed by atoms with Crippen LogP contribution in [0.2, 0.25) is 0 Å². The van der Waals surface area contributed by atoms with E-state index in [4.69, 9.17) is 18.5 Å². The van der Waals surface area contributed by atoms with E-state index >= 15 is 0 Å². The van der Waals surface area contributed by atoms with Crippen molar-refractivity contribution in [1.29, 1.82) is 0 Å². The number of quaternary nitrogens is 1. The van der Waals surface area contributed by atoms with Crippen LogP contribution in [0.15, 0.2) is 48.6 Å². The number of phosphoric acid groups is 1. The molecule has 0 aromatic heterocycles. The number of hydrogen-bond acceptors (Lipinski definition) is 6. The zero-order valence-corrected chi connectivity index (χ0v) is 35.9. The largest absolute Gasteiger partial charge is 0.472 e.